The van der Waals surface area contributed by atoms with E-state index in [2.05, 4.69) is 14.7 Å². The lowest BCUT2D eigenvalue weighted by Crippen LogP contribution is -2.19. The van der Waals surface area contributed by atoms with Crippen molar-refractivity contribution in [2.45, 2.75) is 13.5 Å². The van der Waals surface area contributed by atoms with Crippen LogP contribution in [0.25, 0.3) is 0 Å². The Morgan fingerprint density at radius 2 is 2.00 bits per heavy atom. The van der Waals surface area contributed by atoms with Gasteiger partial charge >= 0.3 is 12.6 Å². The van der Waals surface area contributed by atoms with Crippen LogP contribution in [-0.2, 0) is 14.4 Å². The minimum Gasteiger partial charge on any atom is -0.464 e. The lowest BCUT2D eigenvalue weighted by molar-refractivity contribution is -0.136. The molecule has 0 unspecified atom stereocenters. The molecule has 6 heteroatoms. The zero-order valence-corrected chi connectivity index (χ0v) is 9.31. The Bertz CT molecular complexity index is 432. The maximum Gasteiger partial charge on any atom is 0.407 e. The largest absolute Gasteiger partial charge is 0.464 e. The van der Waals surface area contributed by atoms with E-state index < -0.39 is 12.6 Å². The van der Waals surface area contributed by atoms with Crippen LogP contribution in [0.3, 0.4) is 0 Å². The minimum absolute atomic E-state index is 0.286. The zero-order valence-electron chi connectivity index (χ0n) is 9.31. The molecular formula is C11H11F2NO3. The second-order valence-corrected chi connectivity index (χ2v) is 3.11. The lowest BCUT2D eigenvalue weighted by atomic mass is 10.0. The van der Waals surface area contributed by atoms with Crippen molar-refractivity contribution in [1.29, 1.82) is 0 Å². The summed E-state index contributed by atoms with van der Waals surface area (Å²) in [5.41, 5.74) is 0.806. The van der Waals surface area contributed by atoms with E-state index in [1.807, 2.05) is 0 Å². The molecule has 0 saturated carbocycles. The summed E-state index contributed by atoms with van der Waals surface area (Å²) in [6, 6.07) is 6.70. The number of hydrogen-bond acceptors (Lipinski definition) is 4. The normalized spacial score (nSPS) is 11.5. The molecule has 0 aliphatic carbocycles. The number of ether oxygens (including phenoxy) is 1. The molecule has 1 aromatic rings. The molecule has 0 fully saturated rings. The van der Waals surface area contributed by atoms with Gasteiger partial charge in [0, 0.05) is 5.56 Å². The van der Waals surface area contributed by atoms with Crippen molar-refractivity contribution >= 4 is 11.7 Å². The van der Waals surface area contributed by atoms with E-state index in [1.54, 1.807) is 31.2 Å². The second kappa shape index (κ2) is 5.93. The van der Waals surface area contributed by atoms with Gasteiger partial charge in [0.05, 0.1) is 7.11 Å². The molecule has 0 bridgehead atoms. The summed E-state index contributed by atoms with van der Waals surface area (Å²) in [6.45, 7) is -1.37. The summed E-state index contributed by atoms with van der Waals surface area (Å²) in [5.74, 6) is -0.833. The van der Waals surface area contributed by atoms with Crippen molar-refractivity contribution in [2.24, 2.45) is 5.16 Å². The molecule has 0 saturated heterocycles. The highest BCUT2D eigenvalue weighted by molar-refractivity contribution is 6.43. The third-order valence-electron chi connectivity index (χ3n) is 2.00. The van der Waals surface area contributed by atoms with Crippen LogP contribution in [0.5, 0.6) is 0 Å². The summed E-state index contributed by atoms with van der Waals surface area (Å²) in [6.07, 6.45) is 0. The molecule has 17 heavy (non-hydrogen) atoms. The van der Waals surface area contributed by atoms with Crippen LogP contribution in [0.4, 0.5) is 8.78 Å². The first-order valence-electron chi connectivity index (χ1n) is 4.72. The SMILES string of the molecule is COC(=O)C(=NOC(F)F)c1ccccc1C. The Morgan fingerprint density at radius 3 is 2.53 bits per heavy atom. The van der Waals surface area contributed by atoms with E-state index in [9.17, 15) is 13.6 Å². The van der Waals surface area contributed by atoms with E-state index in [0.717, 1.165) is 7.11 Å². The monoisotopic (exact) mass is 243 g/mol. The van der Waals surface area contributed by atoms with Crippen LogP contribution in [0.2, 0.25) is 0 Å². The molecule has 0 atom stereocenters. The van der Waals surface area contributed by atoms with Crippen LogP contribution < -0.4 is 0 Å². The molecule has 0 aliphatic heterocycles. The van der Waals surface area contributed by atoms with Gasteiger partial charge in [-0.1, -0.05) is 29.4 Å². The molecule has 0 spiro atoms. The number of alkyl halides is 2. The number of hydrogen-bond donors (Lipinski definition) is 0. The Hall–Kier alpha value is -1.98. The van der Waals surface area contributed by atoms with Crippen molar-refractivity contribution < 1.29 is 23.1 Å². The van der Waals surface area contributed by atoms with Gasteiger partial charge in [0.25, 0.3) is 0 Å². The first-order valence-corrected chi connectivity index (χ1v) is 4.72. The quantitative estimate of drug-likeness (QED) is 0.462. The maximum atomic E-state index is 11.9. The van der Waals surface area contributed by atoms with Crippen molar-refractivity contribution in [3.8, 4) is 0 Å². The molecule has 0 heterocycles. The number of nitrogens with zero attached hydrogens (tertiary/aromatic N) is 1. The standard InChI is InChI=1S/C11H11F2NO3/c1-7-5-3-4-6-8(7)9(10(15)16-2)14-17-11(12)13/h3-6,11H,1-2H3. The van der Waals surface area contributed by atoms with Crippen LogP contribution in [0.15, 0.2) is 29.4 Å². The maximum absolute atomic E-state index is 11.9. The number of esters is 1. The first kappa shape index (κ1) is 13.1. The highest BCUT2D eigenvalue weighted by atomic mass is 19.3. The number of methoxy groups -OCH3 is 1. The fourth-order valence-electron chi connectivity index (χ4n) is 1.22. The zero-order chi connectivity index (χ0) is 12.8. The predicted molar refractivity (Wildman–Crippen MR) is 56.8 cm³/mol. The average Bonchev–Trinajstić information content (AvgIpc) is 2.30. The summed E-state index contributed by atoms with van der Waals surface area (Å²) in [4.78, 5) is 15.2. The smallest absolute Gasteiger partial charge is 0.407 e. The Kier molecular flexibility index (Phi) is 4.56. The third-order valence-corrected chi connectivity index (χ3v) is 2.00. The van der Waals surface area contributed by atoms with Gasteiger partial charge in [0.15, 0.2) is 5.71 Å². The summed E-state index contributed by atoms with van der Waals surface area (Å²) >= 11 is 0. The number of carbonyl (C=O) groups is 1. The number of aryl methyl sites for hydroxylation is 1. The summed E-state index contributed by atoms with van der Waals surface area (Å²) in [5, 5.41) is 3.12. The Balaban J connectivity index is 3.11. The molecule has 0 N–H and O–H groups in total. The molecule has 1 rings (SSSR count). The minimum atomic E-state index is -3.08. The van der Waals surface area contributed by atoms with E-state index in [-0.39, 0.29) is 5.71 Å². The van der Waals surface area contributed by atoms with E-state index in [0.29, 0.717) is 11.1 Å². The van der Waals surface area contributed by atoms with Gasteiger partial charge in [-0.2, -0.15) is 8.78 Å². The van der Waals surface area contributed by atoms with Crippen molar-refractivity contribution in [1.82, 2.24) is 0 Å². The predicted octanol–water partition coefficient (Wildman–Crippen LogP) is 2.11. The van der Waals surface area contributed by atoms with E-state index in [1.165, 1.54) is 0 Å². The number of benzene rings is 1. The fourth-order valence-corrected chi connectivity index (χ4v) is 1.22. The van der Waals surface area contributed by atoms with Gasteiger partial charge in [0.2, 0.25) is 0 Å². The highest BCUT2D eigenvalue weighted by Crippen LogP contribution is 2.11. The van der Waals surface area contributed by atoms with Gasteiger partial charge < -0.3 is 9.57 Å². The van der Waals surface area contributed by atoms with Gasteiger partial charge in [-0.15, -0.1) is 0 Å². The summed E-state index contributed by atoms with van der Waals surface area (Å²) < 4.78 is 28.3. The van der Waals surface area contributed by atoms with Crippen LogP contribution in [0, 0.1) is 6.92 Å². The molecule has 0 aliphatic rings. The van der Waals surface area contributed by atoms with Crippen molar-refractivity contribution in [3.63, 3.8) is 0 Å². The Labute approximate surface area is 96.8 Å². The third kappa shape index (κ3) is 3.51. The molecule has 0 aromatic heterocycles. The second-order valence-electron chi connectivity index (χ2n) is 3.11. The topological polar surface area (TPSA) is 47.9 Å². The van der Waals surface area contributed by atoms with E-state index >= 15 is 0 Å². The van der Waals surface area contributed by atoms with Crippen molar-refractivity contribution in [2.75, 3.05) is 7.11 Å². The molecule has 0 radical (unpaired) electrons. The molecule has 4 nitrogen and oxygen atoms in total. The van der Waals surface area contributed by atoms with E-state index in [4.69, 9.17) is 0 Å². The number of halogens is 2. The number of rotatable bonds is 4. The van der Waals surface area contributed by atoms with Gasteiger partial charge in [-0.05, 0) is 12.5 Å². The van der Waals surface area contributed by atoms with Gasteiger partial charge in [-0.3, -0.25) is 0 Å². The number of carbonyl (C=O) groups excluding carboxylic acids is 1. The molecule has 1 aromatic carbocycles. The highest BCUT2D eigenvalue weighted by Gasteiger charge is 2.18. The molecule has 0 amide bonds. The Morgan fingerprint density at radius 1 is 1.35 bits per heavy atom. The fraction of sp³-hybridized carbons (Fsp3) is 0.273. The van der Waals surface area contributed by atoms with Crippen LogP contribution in [0.1, 0.15) is 11.1 Å². The lowest BCUT2D eigenvalue weighted by Gasteiger charge is -2.07. The van der Waals surface area contributed by atoms with Crippen LogP contribution >= 0.6 is 0 Å². The first-order chi connectivity index (χ1) is 8.06. The summed E-state index contributed by atoms with van der Waals surface area (Å²) in [7, 11) is 1.14. The van der Waals surface area contributed by atoms with Crippen LogP contribution in [-0.4, -0.2) is 25.4 Å². The van der Waals surface area contributed by atoms with Gasteiger partial charge in [-0.25, -0.2) is 4.79 Å². The number of oxime groups is 1. The average molecular weight is 243 g/mol. The van der Waals surface area contributed by atoms with Gasteiger partial charge in [0.1, 0.15) is 0 Å². The molecular weight excluding hydrogens is 232 g/mol. The molecule has 92 valence electrons. The van der Waals surface area contributed by atoms with Crippen molar-refractivity contribution in [3.05, 3.63) is 35.4 Å².